The lowest BCUT2D eigenvalue weighted by atomic mass is 9.99. The Morgan fingerprint density at radius 3 is 2.23 bits per heavy atom. The normalized spacial score (nSPS) is 22.4. The summed E-state index contributed by atoms with van der Waals surface area (Å²) in [5.41, 5.74) is 5.81. The fraction of sp³-hybridized carbons (Fsp3) is 0.286. The van der Waals surface area contributed by atoms with Crippen molar-refractivity contribution < 1.29 is 14.3 Å². The van der Waals surface area contributed by atoms with Crippen LogP contribution >= 0.6 is 0 Å². The molecule has 1 saturated carbocycles. The number of nitrogens with one attached hydrogen (secondary N) is 2. The van der Waals surface area contributed by atoms with Crippen molar-refractivity contribution in [1.29, 1.82) is 0 Å². The number of nitrogens with zero attached hydrogens (tertiary/aromatic N) is 1. The summed E-state index contributed by atoms with van der Waals surface area (Å²) in [7, 11) is 0. The number of amides is 2. The average molecular weight is 348 g/mol. The molecular formula is C21H22N3O2+. The molecule has 2 aromatic carbocycles. The van der Waals surface area contributed by atoms with Crippen molar-refractivity contribution in [3.8, 4) is 0 Å². The van der Waals surface area contributed by atoms with Gasteiger partial charge < -0.3 is 5.32 Å². The minimum absolute atomic E-state index is 0.164. The first-order valence-corrected chi connectivity index (χ1v) is 9.09. The van der Waals surface area contributed by atoms with Crippen molar-refractivity contribution in [3.63, 3.8) is 0 Å². The highest BCUT2D eigenvalue weighted by atomic mass is 16.2. The standard InChI is InChI=1S/C21H21N3O2/c25-20(16-11-5-2-6-12-16)22-18-19(15-9-3-1-4-10-15)24(23-21(18)26)17-13-7-8-14-17/h1-6,9-12,18-19H,7-8,13-14H2,(H-,22,23,25,26)/p+1/t18-,19-/m1/s1. The van der Waals surface area contributed by atoms with Crippen LogP contribution in [0, 0.1) is 0 Å². The van der Waals surface area contributed by atoms with Crippen molar-refractivity contribution >= 4 is 17.5 Å². The molecule has 0 unspecified atom stereocenters. The zero-order chi connectivity index (χ0) is 17.9. The van der Waals surface area contributed by atoms with Crippen LogP contribution in [-0.2, 0) is 4.79 Å². The zero-order valence-electron chi connectivity index (χ0n) is 14.5. The third kappa shape index (κ3) is 3.12. The van der Waals surface area contributed by atoms with E-state index >= 15 is 0 Å². The van der Waals surface area contributed by atoms with Gasteiger partial charge in [0.15, 0.2) is 11.8 Å². The first-order valence-electron chi connectivity index (χ1n) is 9.09. The molecular weight excluding hydrogens is 326 g/mol. The molecule has 2 aromatic rings. The Morgan fingerprint density at radius 1 is 0.962 bits per heavy atom. The summed E-state index contributed by atoms with van der Waals surface area (Å²) in [5, 5.41) is 2.94. The van der Waals surface area contributed by atoms with Gasteiger partial charge in [0.25, 0.3) is 5.91 Å². The molecule has 26 heavy (non-hydrogen) atoms. The Hall–Kier alpha value is -2.95. The summed E-state index contributed by atoms with van der Waals surface area (Å²) in [5.74, 6) is -0.396. The molecule has 0 radical (unpaired) electrons. The molecule has 0 aromatic heterocycles. The topological polar surface area (TPSA) is 61.2 Å². The summed E-state index contributed by atoms with van der Waals surface area (Å²) in [6, 6.07) is 18.1. The van der Waals surface area contributed by atoms with Crippen LogP contribution in [0.25, 0.3) is 0 Å². The van der Waals surface area contributed by atoms with Crippen LogP contribution < -0.4 is 10.7 Å². The zero-order valence-corrected chi connectivity index (χ0v) is 14.5. The number of hydrogen-bond donors (Lipinski definition) is 2. The van der Waals surface area contributed by atoms with Crippen LogP contribution in [0.1, 0.15) is 47.6 Å². The van der Waals surface area contributed by atoms with Crippen LogP contribution in [-0.4, -0.2) is 28.3 Å². The SMILES string of the molecule is O=C(N[C@H]1C(=O)N[N+](=C2CCCC2)[C@@H]1c1ccccc1)c1ccccc1. The fourth-order valence-corrected chi connectivity index (χ4v) is 3.80. The Labute approximate surface area is 152 Å². The van der Waals surface area contributed by atoms with E-state index in [1.807, 2.05) is 53.2 Å². The first-order chi connectivity index (χ1) is 12.7. The number of rotatable bonds is 3. The third-order valence-electron chi connectivity index (χ3n) is 5.09. The van der Waals surface area contributed by atoms with Crippen LogP contribution in [0.15, 0.2) is 60.7 Å². The monoisotopic (exact) mass is 348 g/mol. The van der Waals surface area contributed by atoms with Crippen LogP contribution in [0.4, 0.5) is 0 Å². The average Bonchev–Trinajstić information content (AvgIpc) is 3.32. The van der Waals surface area contributed by atoms with E-state index in [0.29, 0.717) is 5.56 Å². The maximum absolute atomic E-state index is 12.7. The van der Waals surface area contributed by atoms with Gasteiger partial charge >= 0.3 is 5.91 Å². The van der Waals surface area contributed by atoms with E-state index in [1.54, 1.807) is 12.1 Å². The molecule has 5 heteroatoms. The maximum Gasteiger partial charge on any atom is 0.304 e. The predicted octanol–water partition coefficient (Wildman–Crippen LogP) is 2.60. The van der Waals surface area contributed by atoms with Crippen molar-refractivity contribution in [2.24, 2.45) is 0 Å². The van der Waals surface area contributed by atoms with E-state index in [4.69, 9.17) is 0 Å². The second kappa shape index (κ2) is 7.12. The molecule has 1 saturated heterocycles. The molecule has 0 spiro atoms. The number of carbonyl (C=O) groups is 2. The molecule has 5 nitrogen and oxygen atoms in total. The van der Waals surface area contributed by atoms with Gasteiger partial charge in [0.05, 0.1) is 0 Å². The molecule has 2 N–H and O–H groups in total. The van der Waals surface area contributed by atoms with Crippen molar-refractivity contribution in [2.45, 2.75) is 37.8 Å². The Kier molecular flexibility index (Phi) is 4.52. The summed E-state index contributed by atoms with van der Waals surface area (Å²) in [6.07, 6.45) is 4.26. The number of hydrazine groups is 1. The van der Waals surface area contributed by atoms with E-state index in [9.17, 15) is 9.59 Å². The minimum Gasteiger partial charge on any atom is -0.334 e. The summed E-state index contributed by atoms with van der Waals surface area (Å²) < 4.78 is 1.99. The van der Waals surface area contributed by atoms with Gasteiger partial charge in [-0.1, -0.05) is 48.5 Å². The number of benzene rings is 2. The quantitative estimate of drug-likeness (QED) is 0.838. The predicted molar refractivity (Wildman–Crippen MR) is 98.8 cm³/mol. The Bertz CT molecular complexity index is 838. The molecule has 132 valence electrons. The van der Waals surface area contributed by atoms with Gasteiger partial charge in [-0.25, -0.2) is 0 Å². The molecule has 2 atom stereocenters. The maximum atomic E-state index is 12.7. The lowest BCUT2D eigenvalue weighted by Gasteiger charge is -2.15. The van der Waals surface area contributed by atoms with E-state index < -0.39 is 6.04 Å². The van der Waals surface area contributed by atoms with Crippen molar-refractivity contribution in [2.75, 3.05) is 0 Å². The molecule has 2 fully saturated rings. The highest BCUT2D eigenvalue weighted by molar-refractivity contribution is 5.98. The summed E-state index contributed by atoms with van der Waals surface area (Å²) >= 11 is 0. The van der Waals surface area contributed by atoms with Gasteiger partial charge in [0, 0.05) is 24.0 Å². The molecule has 1 aliphatic carbocycles. The fourth-order valence-electron chi connectivity index (χ4n) is 3.80. The molecule has 1 heterocycles. The van der Waals surface area contributed by atoms with Crippen LogP contribution in [0.2, 0.25) is 0 Å². The van der Waals surface area contributed by atoms with Gasteiger partial charge in [-0.3, -0.25) is 9.59 Å². The van der Waals surface area contributed by atoms with Crippen molar-refractivity contribution in [1.82, 2.24) is 10.7 Å². The highest BCUT2D eigenvalue weighted by Crippen LogP contribution is 2.28. The van der Waals surface area contributed by atoms with Gasteiger partial charge in [-0.2, -0.15) is 0 Å². The van der Waals surface area contributed by atoms with Gasteiger partial charge in [0.2, 0.25) is 6.04 Å². The second-order valence-corrected chi connectivity index (χ2v) is 6.79. The van der Waals surface area contributed by atoms with Gasteiger partial charge in [-0.15, -0.1) is 10.1 Å². The third-order valence-corrected chi connectivity index (χ3v) is 5.09. The molecule has 2 aliphatic rings. The molecule has 0 bridgehead atoms. The lowest BCUT2D eigenvalue weighted by Crippen LogP contribution is -2.42. The van der Waals surface area contributed by atoms with E-state index in [2.05, 4.69) is 10.7 Å². The highest BCUT2D eigenvalue weighted by Gasteiger charge is 2.49. The smallest absolute Gasteiger partial charge is 0.304 e. The number of hydrogen-bond acceptors (Lipinski definition) is 2. The van der Waals surface area contributed by atoms with Gasteiger partial charge in [0.1, 0.15) is 0 Å². The Balaban J connectivity index is 1.69. The summed E-state index contributed by atoms with van der Waals surface area (Å²) in [6.45, 7) is 0. The Morgan fingerprint density at radius 2 is 1.58 bits per heavy atom. The van der Waals surface area contributed by atoms with Crippen LogP contribution in [0.5, 0.6) is 0 Å². The summed E-state index contributed by atoms with van der Waals surface area (Å²) in [4.78, 5) is 25.3. The number of carbonyl (C=O) groups excluding carboxylic acids is 2. The lowest BCUT2D eigenvalue weighted by molar-refractivity contribution is -0.602. The van der Waals surface area contributed by atoms with E-state index in [0.717, 1.165) is 31.2 Å². The largest absolute Gasteiger partial charge is 0.334 e. The molecule has 1 aliphatic heterocycles. The molecule has 2 amide bonds. The van der Waals surface area contributed by atoms with Gasteiger partial charge in [-0.05, 0) is 25.0 Å². The van der Waals surface area contributed by atoms with E-state index in [1.165, 1.54) is 5.71 Å². The first kappa shape index (κ1) is 16.5. The van der Waals surface area contributed by atoms with E-state index in [-0.39, 0.29) is 17.9 Å². The minimum atomic E-state index is -0.627. The van der Waals surface area contributed by atoms with Crippen molar-refractivity contribution in [3.05, 3.63) is 71.8 Å². The molecule has 4 rings (SSSR count). The van der Waals surface area contributed by atoms with Crippen LogP contribution in [0.3, 0.4) is 0 Å². The number of hydrazone groups is 1. The second-order valence-electron chi connectivity index (χ2n) is 6.79.